The molecule has 2 heterocycles. The first-order chi connectivity index (χ1) is 12.4. The van der Waals surface area contributed by atoms with Crippen molar-refractivity contribution in [3.8, 4) is 6.07 Å². The fourth-order valence-corrected chi connectivity index (χ4v) is 3.37. The third-order valence-corrected chi connectivity index (χ3v) is 4.83. The van der Waals surface area contributed by atoms with Crippen LogP contribution in [0.2, 0.25) is 5.02 Å². The maximum atomic E-state index is 11.3. The molecule has 26 heavy (non-hydrogen) atoms. The molecule has 2 aromatic rings. The molecule has 3 rings (SSSR count). The van der Waals surface area contributed by atoms with Gasteiger partial charge in [-0.2, -0.15) is 5.26 Å². The van der Waals surface area contributed by atoms with Crippen molar-refractivity contribution in [3.63, 3.8) is 0 Å². The fraction of sp³-hybridized carbons (Fsp3) is 0.316. The number of benzene rings is 1. The number of anilines is 1. The molecule has 1 aliphatic rings. The molecule has 1 unspecified atom stereocenters. The van der Waals surface area contributed by atoms with Gasteiger partial charge in [-0.15, -0.1) is 0 Å². The standard InChI is InChI=1S/C19H20ClN5O/c1-4-22-18-14(9-21)17-16(12(2)24-18)19(3,26)25(11-23-17)10-13-7-5-6-8-15(13)20/h5-8,11,26H,4,10H2,1-3H3,(H,22,24). The normalized spacial score (nSPS) is 18.4. The summed E-state index contributed by atoms with van der Waals surface area (Å²) in [6.07, 6.45) is 1.56. The lowest BCUT2D eigenvalue weighted by Gasteiger charge is -2.40. The first-order valence-corrected chi connectivity index (χ1v) is 8.73. The number of halogens is 1. The third kappa shape index (κ3) is 3.00. The van der Waals surface area contributed by atoms with Gasteiger partial charge in [-0.1, -0.05) is 29.8 Å². The average molecular weight is 370 g/mol. The predicted octanol–water partition coefficient (Wildman–Crippen LogP) is 3.69. The number of hydrogen-bond acceptors (Lipinski definition) is 6. The monoisotopic (exact) mass is 369 g/mol. The zero-order valence-electron chi connectivity index (χ0n) is 14.9. The maximum absolute atomic E-state index is 11.3. The molecule has 0 aliphatic carbocycles. The van der Waals surface area contributed by atoms with Gasteiger partial charge in [0.15, 0.2) is 5.72 Å². The summed E-state index contributed by atoms with van der Waals surface area (Å²) in [4.78, 5) is 10.6. The van der Waals surface area contributed by atoms with Crippen LogP contribution < -0.4 is 5.32 Å². The first kappa shape index (κ1) is 18.2. The maximum Gasteiger partial charge on any atom is 0.166 e. The summed E-state index contributed by atoms with van der Waals surface area (Å²) in [5, 5.41) is 24.6. The van der Waals surface area contributed by atoms with E-state index in [2.05, 4.69) is 21.4 Å². The van der Waals surface area contributed by atoms with Crippen molar-refractivity contribution in [2.24, 2.45) is 4.99 Å². The number of pyridine rings is 1. The van der Waals surface area contributed by atoms with Crippen LogP contribution in [-0.2, 0) is 12.3 Å². The van der Waals surface area contributed by atoms with E-state index >= 15 is 0 Å². The molecular formula is C19H20ClN5O. The van der Waals surface area contributed by atoms with Gasteiger partial charge >= 0.3 is 0 Å². The summed E-state index contributed by atoms with van der Waals surface area (Å²) in [5.41, 5.74) is 1.45. The minimum absolute atomic E-state index is 0.335. The molecule has 0 fully saturated rings. The van der Waals surface area contributed by atoms with Gasteiger partial charge in [0.1, 0.15) is 17.5 Å². The lowest BCUT2D eigenvalue weighted by Crippen LogP contribution is -2.45. The second-order valence-corrected chi connectivity index (χ2v) is 6.68. The van der Waals surface area contributed by atoms with Gasteiger partial charge in [0, 0.05) is 23.8 Å². The summed E-state index contributed by atoms with van der Waals surface area (Å²) in [7, 11) is 0. The summed E-state index contributed by atoms with van der Waals surface area (Å²) in [6, 6.07) is 9.63. The minimum Gasteiger partial charge on any atom is -0.369 e. The van der Waals surface area contributed by atoms with E-state index in [4.69, 9.17) is 11.6 Å². The number of fused-ring (bicyclic) bond motifs is 1. The van der Waals surface area contributed by atoms with Gasteiger partial charge in [0.25, 0.3) is 0 Å². The SMILES string of the molecule is CCNc1nc(C)c2c(c1C#N)N=CN(Cc1ccccc1Cl)C2(C)O. The quantitative estimate of drug-likeness (QED) is 0.858. The van der Waals surface area contributed by atoms with Crippen LogP contribution in [0.1, 0.15) is 36.2 Å². The van der Waals surface area contributed by atoms with Gasteiger partial charge in [-0.05, 0) is 32.4 Å². The summed E-state index contributed by atoms with van der Waals surface area (Å²) in [5.74, 6) is 0.485. The van der Waals surface area contributed by atoms with Crippen molar-refractivity contribution >= 4 is 29.4 Å². The molecule has 7 heteroatoms. The van der Waals surface area contributed by atoms with Crippen LogP contribution in [0.3, 0.4) is 0 Å². The van der Waals surface area contributed by atoms with Crippen LogP contribution in [0.25, 0.3) is 0 Å². The molecule has 0 spiro atoms. The van der Waals surface area contributed by atoms with Gasteiger partial charge in [0.2, 0.25) is 0 Å². The molecule has 1 atom stereocenters. The van der Waals surface area contributed by atoms with Crippen molar-refractivity contribution in [2.75, 3.05) is 11.9 Å². The van der Waals surface area contributed by atoms with Gasteiger partial charge in [-0.25, -0.2) is 9.98 Å². The number of aliphatic imine (C=N–C) groups is 1. The largest absolute Gasteiger partial charge is 0.369 e. The van der Waals surface area contributed by atoms with E-state index in [1.54, 1.807) is 18.2 Å². The molecule has 1 aromatic heterocycles. The predicted molar refractivity (Wildman–Crippen MR) is 103 cm³/mol. The van der Waals surface area contributed by atoms with E-state index in [1.807, 2.05) is 38.1 Å². The van der Waals surface area contributed by atoms with E-state index in [0.29, 0.717) is 46.4 Å². The topological polar surface area (TPSA) is 84.5 Å². The number of aliphatic hydroxyl groups is 1. The summed E-state index contributed by atoms with van der Waals surface area (Å²) >= 11 is 6.25. The fourth-order valence-electron chi connectivity index (χ4n) is 3.17. The number of hydrogen-bond donors (Lipinski definition) is 2. The van der Waals surface area contributed by atoms with Crippen LogP contribution >= 0.6 is 11.6 Å². The molecule has 0 radical (unpaired) electrons. The number of rotatable bonds is 4. The smallest absolute Gasteiger partial charge is 0.166 e. The number of nitrogens with one attached hydrogen (secondary N) is 1. The second-order valence-electron chi connectivity index (χ2n) is 6.27. The third-order valence-electron chi connectivity index (χ3n) is 4.47. The molecule has 1 aliphatic heterocycles. The van der Waals surface area contributed by atoms with E-state index in [9.17, 15) is 10.4 Å². The van der Waals surface area contributed by atoms with E-state index < -0.39 is 5.72 Å². The van der Waals surface area contributed by atoms with Crippen molar-refractivity contribution in [1.29, 1.82) is 5.26 Å². The Kier molecular flexibility index (Phi) is 4.86. The molecule has 0 bridgehead atoms. The minimum atomic E-state index is -1.37. The lowest BCUT2D eigenvalue weighted by atomic mass is 9.95. The van der Waals surface area contributed by atoms with Crippen molar-refractivity contribution in [3.05, 3.63) is 51.7 Å². The molecule has 6 nitrogen and oxygen atoms in total. The number of nitrogens with zero attached hydrogens (tertiary/aromatic N) is 4. The van der Waals surface area contributed by atoms with E-state index in [-0.39, 0.29) is 0 Å². The highest BCUT2D eigenvalue weighted by Crippen LogP contribution is 2.42. The number of nitriles is 1. The van der Waals surface area contributed by atoms with Crippen molar-refractivity contribution < 1.29 is 5.11 Å². The number of aromatic nitrogens is 1. The summed E-state index contributed by atoms with van der Waals surface area (Å²) in [6.45, 7) is 6.44. The Balaban J connectivity index is 2.09. The van der Waals surface area contributed by atoms with Crippen molar-refractivity contribution in [1.82, 2.24) is 9.88 Å². The van der Waals surface area contributed by atoms with Crippen LogP contribution in [0.5, 0.6) is 0 Å². The Bertz CT molecular complexity index is 917. The molecule has 0 saturated carbocycles. The van der Waals surface area contributed by atoms with Crippen LogP contribution in [-0.4, -0.2) is 27.9 Å². The van der Waals surface area contributed by atoms with Gasteiger partial charge < -0.3 is 15.3 Å². The Labute approximate surface area is 157 Å². The summed E-state index contributed by atoms with van der Waals surface area (Å²) < 4.78 is 0. The molecule has 1 aromatic carbocycles. The molecule has 0 saturated heterocycles. The van der Waals surface area contributed by atoms with Gasteiger partial charge in [-0.3, -0.25) is 0 Å². The van der Waals surface area contributed by atoms with E-state index in [1.165, 1.54) is 0 Å². The molecule has 0 amide bonds. The zero-order chi connectivity index (χ0) is 18.9. The van der Waals surface area contributed by atoms with Gasteiger partial charge in [0.05, 0.1) is 17.6 Å². The lowest BCUT2D eigenvalue weighted by molar-refractivity contribution is -0.0630. The van der Waals surface area contributed by atoms with Crippen molar-refractivity contribution in [2.45, 2.75) is 33.0 Å². The highest BCUT2D eigenvalue weighted by molar-refractivity contribution is 6.31. The molecule has 134 valence electrons. The Hall–Kier alpha value is -2.62. The average Bonchev–Trinajstić information content (AvgIpc) is 2.59. The molecule has 2 N–H and O–H groups in total. The Morgan fingerprint density at radius 2 is 2.12 bits per heavy atom. The first-order valence-electron chi connectivity index (χ1n) is 8.35. The molecular weight excluding hydrogens is 350 g/mol. The number of aryl methyl sites for hydroxylation is 1. The Morgan fingerprint density at radius 1 is 1.38 bits per heavy atom. The van der Waals surface area contributed by atoms with Crippen LogP contribution in [0.4, 0.5) is 11.5 Å². The zero-order valence-corrected chi connectivity index (χ0v) is 15.7. The second kappa shape index (κ2) is 6.94. The van der Waals surface area contributed by atoms with Crippen LogP contribution in [0, 0.1) is 18.3 Å². The van der Waals surface area contributed by atoms with Crippen LogP contribution in [0.15, 0.2) is 29.3 Å². The van der Waals surface area contributed by atoms with E-state index in [0.717, 1.165) is 5.56 Å². The highest BCUT2D eigenvalue weighted by Gasteiger charge is 2.39. The highest BCUT2D eigenvalue weighted by atomic mass is 35.5. The Morgan fingerprint density at radius 3 is 2.77 bits per heavy atom.